The van der Waals surface area contributed by atoms with Crippen LogP contribution in [0.5, 0.6) is 0 Å². The molecule has 5 rings (SSSR count). The number of imide groups is 1. The lowest BCUT2D eigenvalue weighted by Gasteiger charge is -2.15. The lowest BCUT2D eigenvalue weighted by molar-refractivity contribution is 0.0924. The summed E-state index contributed by atoms with van der Waals surface area (Å²) in [7, 11) is 0. The molecule has 0 unspecified atom stereocenters. The standard InChI is InChI=1S/C23H15N3O4/c1-13-24-19-12-15(9-10-20(19)30-13)25-21(27)14-5-4-6-16(11-14)26-22(28)17-7-2-3-8-18(17)23(26)29/h2-12H,1H3,(H,25,27). The van der Waals surface area contributed by atoms with Gasteiger partial charge in [0.2, 0.25) is 0 Å². The minimum Gasteiger partial charge on any atom is -0.441 e. The van der Waals surface area contributed by atoms with E-state index in [4.69, 9.17) is 4.42 Å². The van der Waals surface area contributed by atoms with Gasteiger partial charge in [-0.2, -0.15) is 0 Å². The van der Waals surface area contributed by atoms with Crippen molar-refractivity contribution >= 4 is 40.2 Å². The summed E-state index contributed by atoms with van der Waals surface area (Å²) in [4.78, 5) is 43.5. The number of hydrogen-bond donors (Lipinski definition) is 1. The fraction of sp³-hybridized carbons (Fsp3) is 0.0435. The Kier molecular flexibility index (Phi) is 3.96. The van der Waals surface area contributed by atoms with Gasteiger partial charge in [0.25, 0.3) is 17.7 Å². The van der Waals surface area contributed by atoms with Gasteiger partial charge in [-0.3, -0.25) is 14.4 Å². The molecule has 0 saturated carbocycles. The Morgan fingerprint density at radius 2 is 1.67 bits per heavy atom. The van der Waals surface area contributed by atoms with Crippen LogP contribution in [-0.4, -0.2) is 22.7 Å². The molecule has 30 heavy (non-hydrogen) atoms. The van der Waals surface area contributed by atoms with Crippen LogP contribution in [0.15, 0.2) is 71.1 Å². The highest BCUT2D eigenvalue weighted by Crippen LogP contribution is 2.29. The Labute approximate surface area is 170 Å². The zero-order valence-corrected chi connectivity index (χ0v) is 15.9. The van der Waals surface area contributed by atoms with Gasteiger partial charge >= 0.3 is 0 Å². The van der Waals surface area contributed by atoms with Gasteiger partial charge in [-0.25, -0.2) is 9.88 Å². The number of nitrogens with zero attached hydrogens (tertiary/aromatic N) is 2. The van der Waals surface area contributed by atoms with Crippen LogP contribution in [0, 0.1) is 6.92 Å². The molecular weight excluding hydrogens is 382 g/mol. The number of rotatable bonds is 3. The second-order valence-electron chi connectivity index (χ2n) is 6.91. The Morgan fingerprint density at radius 3 is 2.40 bits per heavy atom. The summed E-state index contributed by atoms with van der Waals surface area (Å²) in [5, 5.41) is 2.81. The van der Waals surface area contributed by atoms with Crippen molar-refractivity contribution in [3.63, 3.8) is 0 Å². The van der Waals surface area contributed by atoms with Crippen molar-refractivity contribution in [2.24, 2.45) is 0 Å². The molecular formula is C23H15N3O4. The molecule has 1 aliphatic heterocycles. The van der Waals surface area contributed by atoms with E-state index in [2.05, 4.69) is 10.3 Å². The lowest BCUT2D eigenvalue weighted by atomic mass is 10.1. The predicted molar refractivity (Wildman–Crippen MR) is 111 cm³/mol. The summed E-state index contributed by atoms with van der Waals surface area (Å²) in [5.74, 6) is -0.629. The number of hydrogen-bond acceptors (Lipinski definition) is 5. The number of aromatic nitrogens is 1. The highest BCUT2D eigenvalue weighted by Gasteiger charge is 2.36. The van der Waals surface area contributed by atoms with Gasteiger partial charge in [-0.05, 0) is 48.5 Å². The van der Waals surface area contributed by atoms with Crippen molar-refractivity contribution in [2.45, 2.75) is 6.92 Å². The zero-order valence-electron chi connectivity index (χ0n) is 15.9. The normalized spacial score (nSPS) is 13.0. The smallest absolute Gasteiger partial charge is 0.266 e. The molecule has 146 valence electrons. The molecule has 1 aromatic heterocycles. The molecule has 0 spiro atoms. The monoisotopic (exact) mass is 397 g/mol. The Balaban J connectivity index is 1.42. The van der Waals surface area contributed by atoms with Crippen LogP contribution in [0.2, 0.25) is 0 Å². The van der Waals surface area contributed by atoms with Gasteiger partial charge in [0.15, 0.2) is 11.5 Å². The van der Waals surface area contributed by atoms with Crippen LogP contribution >= 0.6 is 0 Å². The molecule has 3 aromatic carbocycles. The SMILES string of the molecule is Cc1nc2cc(NC(=O)c3cccc(N4C(=O)c5ccccc5C4=O)c3)ccc2o1. The topological polar surface area (TPSA) is 92.5 Å². The molecule has 7 nitrogen and oxygen atoms in total. The summed E-state index contributed by atoms with van der Waals surface area (Å²) in [6.07, 6.45) is 0. The Hall–Kier alpha value is -4.26. The maximum absolute atomic E-state index is 12.8. The van der Waals surface area contributed by atoms with Crippen molar-refractivity contribution in [1.29, 1.82) is 0 Å². The highest BCUT2D eigenvalue weighted by atomic mass is 16.3. The first-order valence-corrected chi connectivity index (χ1v) is 9.28. The van der Waals surface area contributed by atoms with Gasteiger partial charge in [-0.15, -0.1) is 0 Å². The van der Waals surface area contributed by atoms with Gasteiger partial charge in [-0.1, -0.05) is 18.2 Å². The molecule has 7 heteroatoms. The van der Waals surface area contributed by atoms with E-state index >= 15 is 0 Å². The van der Waals surface area contributed by atoms with E-state index in [0.717, 1.165) is 4.90 Å². The quantitative estimate of drug-likeness (QED) is 0.523. The van der Waals surface area contributed by atoms with Crippen LogP contribution in [-0.2, 0) is 0 Å². The van der Waals surface area contributed by atoms with Crippen molar-refractivity contribution in [1.82, 2.24) is 4.98 Å². The summed E-state index contributed by atoms with van der Waals surface area (Å²) in [6, 6.07) is 18.2. The third-order valence-electron chi connectivity index (χ3n) is 4.91. The molecule has 1 N–H and O–H groups in total. The number of carbonyl (C=O) groups is 3. The summed E-state index contributed by atoms with van der Waals surface area (Å²) >= 11 is 0. The second-order valence-corrected chi connectivity index (χ2v) is 6.91. The molecule has 0 saturated heterocycles. The van der Waals surface area contributed by atoms with Crippen LogP contribution in [0.1, 0.15) is 37.0 Å². The van der Waals surface area contributed by atoms with Crippen LogP contribution in [0.25, 0.3) is 11.1 Å². The van der Waals surface area contributed by atoms with E-state index in [1.54, 1.807) is 67.6 Å². The zero-order chi connectivity index (χ0) is 20.8. The number of anilines is 2. The van der Waals surface area contributed by atoms with Crippen LogP contribution in [0.4, 0.5) is 11.4 Å². The minimum absolute atomic E-state index is 0.320. The van der Waals surface area contributed by atoms with Crippen molar-refractivity contribution in [3.05, 3.63) is 89.3 Å². The van der Waals surface area contributed by atoms with Crippen molar-refractivity contribution < 1.29 is 18.8 Å². The average Bonchev–Trinajstić information content (AvgIpc) is 3.24. The first-order chi connectivity index (χ1) is 14.5. The van der Waals surface area contributed by atoms with E-state index in [-0.39, 0.29) is 5.91 Å². The third-order valence-corrected chi connectivity index (χ3v) is 4.91. The van der Waals surface area contributed by atoms with Crippen molar-refractivity contribution in [3.8, 4) is 0 Å². The average molecular weight is 397 g/mol. The summed E-state index contributed by atoms with van der Waals surface area (Å²) in [5.41, 5.74) is 3.22. The first kappa shape index (κ1) is 17.8. The fourth-order valence-electron chi connectivity index (χ4n) is 3.53. The number of amides is 3. The van der Waals surface area contributed by atoms with E-state index in [1.165, 1.54) is 6.07 Å². The Bertz CT molecular complexity index is 1320. The van der Waals surface area contributed by atoms with Gasteiger partial charge in [0.1, 0.15) is 5.52 Å². The molecule has 0 radical (unpaired) electrons. The maximum atomic E-state index is 12.8. The lowest BCUT2D eigenvalue weighted by Crippen LogP contribution is -2.29. The molecule has 0 atom stereocenters. The third kappa shape index (κ3) is 2.84. The van der Waals surface area contributed by atoms with Crippen LogP contribution in [0.3, 0.4) is 0 Å². The van der Waals surface area contributed by atoms with Gasteiger partial charge in [0.05, 0.1) is 16.8 Å². The van der Waals surface area contributed by atoms with E-state index in [9.17, 15) is 14.4 Å². The maximum Gasteiger partial charge on any atom is 0.266 e. The van der Waals surface area contributed by atoms with Gasteiger partial charge < -0.3 is 9.73 Å². The summed E-state index contributed by atoms with van der Waals surface area (Å²) in [6.45, 7) is 1.75. The largest absolute Gasteiger partial charge is 0.441 e. The highest BCUT2D eigenvalue weighted by molar-refractivity contribution is 6.34. The van der Waals surface area contributed by atoms with E-state index in [0.29, 0.717) is 45.1 Å². The molecule has 4 aromatic rings. The van der Waals surface area contributed by atoms with Gasteiger partial charge in [0, 0.05) is 18.2 Å². The number of aryl methyl sites for hydroxylation is 1. The molecule has 2 heterocycles. The predicted octanol–water partition coefficient (Wildman–Crippen LogP) is 4.19. The van der Waals surface area contributed by atoms with E-state index in [1.807, 2.05) is 0 Å². The minimum atomic E-state index is -0.403. The number of carbonyl (C=O) groups excluding carboxylic acids is 3. The number of fused-ring (bicyclic) bond motifs is 2. The molecule has 0 bridgehead atoms. The molecule has 0 aliphatic carbocycles. The van der Waals surface area contributed by atoms with E-state index < -0.39 is 11.8 Å². The second kappa shape index (κ2) is 6.66. The number of benzene rings is 3. The first-order valence-electron chi connectivity index (χ1n) is 9.28. The molecule has 1 aliphatic rings. The molecule has 3 amide bonds. The van der Waals surface area contributed by atoms with Crippen LogP contribution < -0.4 is 10.2 Å². The number of oxazole rings is 1. The fourth-order valence-corrected chi connectivity index (χ4v) is 3.53. The number of nitrogens with one attached hydrogen (secondary N) is 1. The summed E-state index contributed by atoms with van der Waals surface area (Å²) < 4.78 is 5.44. The Morgan fingerprint density at radius 1 is 0.933 bits per heavy atom. The van der Waals surface area contributed by atoms with Crippen molar-refractivity contribution in [2.75, 3.05) is 10.2 Å². The molecule has 0 fully saturated rings.